The Morgan fingerprint density at radius 1 is 1.56 bits per heavy atom. The van der Waals surface area contributed by atoms with E-state index in [-0.39, 0.29) is 18.0 Å². The van der Waals surface area contributed by atoms with Gasteiger partial charge in [0.2, 0.25) is 0 Å². The van der Waals surface area contributed by atoms with Gasteiger partial charge in [0.25, 0.3) is 5.91 Å². The fourth-order valence-corrected chi connectivity index (χ4v) is 2.59. The summed E-state index contributed by atoms with van der Waals surface area (Å²) in [6, 6.07) is 4.29. The topological polar surface area (TPSA) is 40.5 Å². The number of amides is 1. The summed E-state index contributed by atoms with van der Waals surface area (Å²) in [7, 11) is 0. The van der Waals surface area contributed by atoms with E-state index in [9.17, 15) is 14.3 Å². The van der Waals surface area contributed by atoms with Crippen LogP contribution in [-0.4, -0.2) is 34.6 Å². The van der Waals surface area contributed by atoms with E-state index >= 15 is 0 Å². The third kappa shape index (κ3) is 2.90. The lowest BCUT2D eigenvalue weighted by molar-refractivity contribution is -0.0109. The Hall–Kier alpha value is -0.940. The number of nitrogens with zero attached hydrogens (tertiary/aromatic N) is 1. The first kappa shape index (κ1) is 13.5. The van der Waals surface area contributed by atoms with Gasteiger partial charge in [-0.15, -0.1) is 0 Å². The molecule has 1 aliphatic heterocycles. The second-order valence-electron chi connectivity index (χ2n) is 4.95. The van der Waals surface area contributed by atoms with E-state index < -0.39 is 11.4 Å². The van der Waals surface area contributed by atoms with Crippen molar-refractivity contribution in [2.75, 3.05) is 13.1 Å². The molecular formula is C13H15BrFNO2. The third-order valence-corrected chi connectivity index (χ3v) is 3.61. The summed E-state index contributed by atoms with van der Waals surface area (Å²) < 4.78 is 14.3. The zero-order valence-corrected chi connectivity index (χ0v) is 11.7. The summed E-state index contributed by atoms with van der Waals surface area (Å²) in [6.07, 6.45) is 1.39. The smallest absolute Gasteiger partial charge is 0.256 e. The van der Waals surface area contributed by atoms with E-state index in [4.69, 9.17) is 0 Å². The molecule has 1 aromatic rings. The normalized spacial score (nSPS) is 24.1. The Kier molecular flexibility index (Phi) is 3.73. The molecule has 2 rings (SSSR count). The number of hydrogen-bond acceptors (Lipinski definition) is 2. The molecule has 1 fully saturated rings. The summed E-state index contributed by atoms with van der Waals surface area (Å²) in [5.41, 5.74) is -0.835. The number of carbonyl (C=O) groups excluding carboxylic acids is 1. The van der Waals surface area contributed by atoms with Gasteiger partial charge in [0.15, 0.2) is 0 Å². The number of carbonyl (C=O) groups is 1. The molecule has 1 heterocycles. The highest BCUT2D eigenvalue weighted by Crippen LogP contribution is 2.23. The van der Waals surface area contributed by atoms with Crippen molar-refractivity contribution in [2.45, 2.75) is 25.4 Å². The van der Waals surface area contributed by atoms with Crippen molar-refractivity contribution in [1.29, 1.82) is 0 Å². The van der Waals surface area contributed by atoms with Crippen LogP contribution in [0.15, 0.2) is 22.7 Å². The van der Waals surface area contributed by atoms with Crippen LogP contribution < -0.4 is 0 Å². The molecule has 1 unspecified atom stereocenters. The Labute approximate surface area is 114 Å². The summed E-state index contributed by atoms with van der Waals surface area (Å²) in [6.45, 7) is 2.50. The molecule has 1 saturated heterocycles. The molecule has 18 heavy (non-hydrogen) atoms. The van der Waals surface area contributed by atoms with Gasteiger partial charge in [-0.1, -0.05) is 15.9 Å². The standard InChI is InChI=1S/C13H15BrFNO2/c1-13(18)5-2-6-16(8-13)12(17)10-7-9(14)3-4-11(10)15/h3-4,7,18H,2,5-6,8H2,1H3. The summed E-state index contributed by atoms with van der Waals surface area (Å²) in [5.74, 6) is -0.901. The second-order valence-corrected chi connectivity index (χ2v) is 5.87. The number of benzene rings is 1. The number of hydrogen-bond donors (Lipinski definition) is 1. The van der Waals surface area contributed by atoms with Crippen molar-refractivity contribution < 1.29 is 14.3 Å². The molecular weight excluding hydrogens is 301 g/mol. The minimum Gasteiger partial charge on any atom is -0.388 e. The van der Waals surface area contributed by atoms with E-state index in [0.29, 0.717) is 17.4 Å². The number of piperidine rings is 1. The van der Waals surface area contributed by atoms with E-state index in [1.807, 2.05) is 0 Å². The SMILES string of the molecule is CC1(O)CCCN(C(=O)c2cc(Br)ccc2F)C1. The molecule has 1 amide bonds. The van der Waals surface area contributed by atoms with Gasteiger partial charge in [-0.2, -0.15) is 0 Å². The lowest BCUT2D eigenvalue weighted by Gasteiger charge is -2.36. The number of likely N-dealkylation sites (tertiary alicyclic amines) is 1. The zero-order chi connectivity index (χ0) is 13.3. The lowest BCUT2D eigenvalue weighted by Crippen LogP contribution is -2.48. The largest absolute Gasteiger partial charge is 0.388 e. The predicted octanol–water partition coefficient (Wildman–Crippen LogP) is 2.58. The lowest BCUT2D eigenvalue weighted by atomic mass is 9.94. The van der Waals surface area contributed by atoms with E-state index in [1.54, 1.807) is 13.0 Å². The van der Waals surface area contributed by atoms with E-state index in [1.165, 1.54) is 17.0 Å². The van der Waals surface area contributed by atoms with Gasteiger partial charge in [0.1, 0.15) is 5.82 Å². The zero-order valence-electron chi connectivity index (χ0n) is 10.1. The Morgan fingerprint density at radius 2 is 2.28 bits per heavy atom. The van der Waals surface area contributed by atoms with Crippen molar-refractivity contribution >= 4 is 21.8 Å². The predicted molar refractivity (Wildman–Crippen MR) is 69.9 cm³/mol. The third-order valence-electron chi connectivity index (χ3n) is 3.12. The number of halogens is 2. The van der Waals surface area contributed by atoms with Crippen LogP contribution in [0.2, 0.25) is 0 Å². The molecule has 0 aliphatic carbocycles. The minimum atomic E-state index is -0.879. The van der Waals surface area contributed by atoms with E-state index in [2.05, 4.69) is 15.9 Å². The Balaban J connectivity index is 2.23. The van der Waals surface area contributed by atoms with E-state index in [0.717, 1.165) is 6.42 Å². The van der Waals surface area contributed by atoms with Gasteiger partial charge >= 0.3 is 0 Å². The first-order valence-corrected chi connectivity index (χ1v) is 6.65. The van der Waals surface area contributed by atoms with Crippen molar-refractivity contribution in [1.82, 2.24) is 4.90 Å². The maximum atomic E-state index is 13.6. The summed E-state index contributed by atoms with van der Waals surface area (Å²) in [4.78, 5) is 13.7. The molecule has 0 bridgehead atoms. The van der Waals surface area contributed by atoms with Crippen LogP contribution in [0.4, 0.5) is 4.39 Å². The molecule has 0 radical (unpaired) electrons. The maximum Gasteiger partial charge on any atom is 0.256 e. The minimum absolute atomic E-state index is 0.0436. The summed E-state index contributed by atoms with van der Waals surface area (Å²) in [5, 5.41) is 9.97. The molecule has 0 spiro atoms. The molecule has 1 atom stereocenters. The number of aliphatic hydroxyl groups is 1. The van der Waals surface area contributed by atoms with Gasteiger partial charge in [-0.05, 0) is 38.0 Å². The van der Waals surface area contributed by atoms with Crippen molar-refractivity contribution in [3.8, 4) is 0 Å². The molecule has 1 aromatic carbocycles. The average Bonchev–Trinajstić information content (AvgIpc) is 2.30. The van der Waals surface area contributed by atoms with Crippen LogP contribution in [0, 0.1) is 5.82 Å². The molecule has 98 valence electrons. The van der Waals surface area contributed by atoms with Crippen LogP contribution in [0.25, 0.3) is 0 Å². The highest BCUT2D eigenvalue weighted by molar-refractivity contribution is 9.10. The van der Waals surface area contributed by atoms with Crippen LogP contribution in [-0.2, 0) is 0 Å². The van der Waals surface area contributed by atoms with Gasteiger partial charge < -0.3 is 10.0 Å². The van der Waals surface area contributed by atoms with Crippen LogP contribution in [0.1, 0.15) is 30.1 Å². The molecule has 0 aromatic heterocycles. The number of rotatable bonds is 1. The highest BCUT2D eigenvalue weighted by atomic mass is 79.9. The quantitative estimate of drug-likeness (QED) is 0.865. The van der Waals surface area contributed by atoms with Gasteiger partial charge in [-0.3, -0.25) is 4.79 Å². The molecule has 1 N–H and O–H groups in total. The van der Waals surface area contributed by atoms with Crippen molar-refractivity contribution in [3.63, 3.8) is 0 Å². The average molecular weight is 316 g/mol. The van der Waals surface area contributed by atoms with Crippen molar-refractivity contribution in [2.24, 2.45) is 0 Å². The van der Waals surface area contributed by atoms with Gasteiger partial charge in [0.05, 0.1) is 11.2 Å². The Morgan fingerprint density at radius 3 is 2.94 bits per heavy atom. The number of β-amino-alcohol motifs (C(OH)–C–C–N with tert-alkyl or cyclic N) is 1. The highest BCUT2D eigenvalue weighted by Gasteiger charge is 2.32. The van der Waals surface area contributed by atoms with Crippen molar-refractivity contribution in [3.05, 3.63) is 34.1 Å². The van der Waals surface area contributed by atoms with Gasteiger partial charge in [-0.25, -0.2) is 4.39 Å². The molecule has 5 heteroatoms. The monoisotopic (exact) mass is 315 g/mol. The second kappa shape index (κ2) is 4.97. The molecule has 0 saturated carbocycles. The summed E-state index contributed by atoms with van der Waals surface area (Å²) >= 11 is 3.22. The first-order valence-electron chi connectivity index (χ1n) is 5.86. The Bertz CT molecular complexity index is 476. The fourth-order valence-electron chi connectivity index (χ4n) is 2.23. The first-order chi connectivity index (χ1) is 8.39. The molecule has 3 nitrogen and oxygen atoms in total. The van der Waals surface area contributed by atoms with Crippen LogP contribution in [0.3, 0.4) is 0 Å². The maximum absolute atomic E-state index is 13.6. The fraction of sp³-hybridized carbons (Fsp3) is 0.462. The van der Waals surface area contributed by atoms with Crippen LogP contribution in [0.5, 0.6) is 0 Å². The van der Waals surface area contributed by atoms with Crippen LogP contribution >= 0.6 is 15.9 Å². The molecule has 1 aliphatic rings. The van der Waals surface area contributed by atoms with Gasteiger partial charge in [0, 0.05) is 17.6 Å².